The largest absolute Gasteiger partial charge is 0.478 e. The molecule has 1 heterocycles. The molecule has 0 bridgehead atoms. The van der Waals surface area contributed by atoms with E-state index in [1.165, 1.54) is 17.7 Å². The van der Waals surface area contributed by atoms with Crippen LogP contribution in [0.4, 0.5) is 5.69 Å². The van der Waals surface area contributed by atoms with E-state index in [-0.39, 0.29) is 5.56 Å². The highest BCUT2D eigenvalue weighted by molar-refractivity contribution is 5.88. The second kappa shape index (κ2) is 7.23. The van der Waals surface area contributed by atoms with E-state index < -0.39 is 5.97 Å². The van der Waals surface area contributed by atoms with Crippen LogP contribution >= 0.6 is 0 Å². The van der Waals surface area contributed by atoms with E-state index in [1.807, 2.05) is 29.1 Å². The van der Waals surface area contributed by atoms with Gasteiger partial charge in [0.1, 0.15) is 0 Å². The fourth-order valence-corrected chi connectivity index (χ4v) is 2.17. The minimum absolute atomic E-state index is 0.242. The number of carbonyl (C=O) groups is 1. The molecule has 6 nitrogen and oxygen atoms in total. The SMILES string of the molecule is O=C(O)c1ccc(N/N=C\c2cnn(Cc3ccccc3)c2)cc1. The summed E-state index contributed by atoms with van der Waals surface area (Å²) in [5.41, 5.74) is 5.87. The molecule has 24 heavy (non-hydrogen) atoms. The third kappa shape index (κ3) is 4.07. The first-order valence-corrected chi connectivity index (χ1v) is 7.39. The fourth-order valence-electron chi connectivity index (χ4n) is 2.17. The van der Waals surface area contributed by atoms with Gasteiger partial charge in [-0.05, 0) is 29.8 Å². The Hall–Kier alpha value is -3.41. The molecule has 3 aromatic rings. The van der Waals surface area contributed by atoms with Crippen LogP contribution in [0.2, 0.25) is 0 Å². The lowest BCUT2D eigenvalue weighted by molar-refractivity contribution is 0.0697. The lowest BCUT2D eigenvalue weighted by Crippen LogP contribution is -1.99. The number of nitrogens with one attached hydrogen (secondary N) is 1. The van der Waals surface area contributed by atoms with Gasteiger partial charge in [-0.25, -0.2) is 4.79 Å². The van der Waals surface area contributed by atoms with Crippen LogP contribution in [0.3, 0.4) is 0 Å². The predicted octanol–water partition coefficient (Wildman–Crippen LogP) is 3.08. The summed E-state index contributed by atoms with van der Waals surface area (Å²) in [6.07, 6.45) is 5.31. The maximum atomic E-state index is 10.8. The lowest BCUT2D eigenvalue weighted by Gasteiger charge is -2.00. The molecule has 0 aliphatic heterocycles. The molecule has 0 radical (unpaired) electrons. The number of hydrogen-bond donors (Lipinski definition) is 2. The second-order valence-electron chi connectivity index (χ2n) is 5.21. The number of hydrogen-bond acceptors (Lipinski definition) is 4. The molecule has 120 valence electrons. The quantitative estimate of drug-likeness (QED) is 0.540. The molecule has 0 unspecified atom stereocenters. The second-order valence-corrected chi connectivity index (χ2v) is 5.21. The van der Waals surface area contributed by atoms with Crippen molar-refractivity contribution >= 4 is 17.9 Å². The highest BCUT2D eigenvalue weighted by atomic mass is 16.4. The first-order chi connectivity index (χ1) is 11.7. The summed E-state index contributed by atoms with van der Waals surface area (Å²) >= 11 is 0. The zero-order chi connectivity index (χ0) is 16.8. The van der Waals surface area contributed by atoms with E-state index in [2.05, 4.69) is 27.8 Å². The molecule has 1 aromatic heterocycles. The number of carboxylic acid groups (broad SMARTS) is 1. The van der Waals surface area contributed by atoms with E-state index in [1.54, 1.807) is 24.5 Å². The molecule has 2 aromatic carbocycles. The molecule has 0 aliphatic rings. The first kappa shape index (κ1) is 15.5. The topological polar surface area (TPSA) is 79.5 Å². The summed E-state index contributed by atoms with van der Waals surface area (Å²) in [5, 5.41) is 17.3. The van der Waals surface area contributed by atoms with Crippen molar-refractivity contribution in [2.24, 2.45) is 5.10 Å². The summed E-state index contributed by atoms with van der Waals surface area (Å²) in [6, 6.07) is 16.5. The monoisotopic (exact) mass is 320 g/mol. The predicted molar refractivity (Wildman–Crippen MR) is 92.4 cm³/mol. The van der Waals surface area contributed by atoms with Gasteiger partial charge in [-0.1, -0.05) is 30.3 Å². The number of aromatic carboxylic acids is 1. The smallest absolute Gasteiger partial charge is 0.335 e. The Morgan fingerprint density at radius 3 is 2.62 bits per heavy atom. The van der Waals surface area contributed by atoms with E-state index >= 15 is 0 Å². The molecule has 6 heteroatoms. The van der Waals surface area contributed by atoms with Crippen LogP contribution in [0.15, 0.2) is 72.1 Å². The molecule has 3 rings (SSSR count). The van der Waals surface area contributed by atoms with Crippen LogP contribution < -0.4 is 5.43 Å². The highest BCUT2D eigenvalue weighted by Gasteiger charge is 2.01. The number of aromatic nitrogens is 2. The number of anilines is 1. The number of rotatable bonds is 6. The van der Waals surface area contributed by atoms with Crippen molar-refractivity contribution in [1.82, 2.24) is 9.78 Å². The maximum Gasteiger partial charge on any atom is 0.335 e. The number of hydrazone groups is 1. The molecular formula is C18H16N4O2. The number of benzene rings is 2. The van der Waals surface area contributed by atoms with Crippen molar-refractivity contribution in [3.63, 3.8) is 0 Å². The first-order valence-electron chi connectivity index (χ1n) is 7.39. The molecule has 0 aliphatic carbocycles. The Labute approximate surface area is 139 Å². The zero-order valence-corrected chi connectivity index (χ0v) is 12.8. The van der Waals surface area contributed by atoms with Crippen LogP contribution in [-0.2, 0) is 6.54 Å². The fraction of sp³-hybridized carbons (Fsp3) is 0.0556. The maximum absolute atomic E-state index is 10.8. The Morgan fingerprint density at radius 2 is 1.92 bits per heavy atom. The van der Waals surface area contributed by atoms with Gasteiger partial charge >= 0.3 is 5.97 Å². The van der Waals surface area contributed by atoms with Gasteiger partial charge in [0.2, 0.25) is 0 Å². The summed E-state index contributed by atoms with van der Waals surface area (Å²) in [5.74, 6) is -0.948. The van der Waals surface area contributed by atoms with Gasteiger partial charge in [0.25, 0.3) is 0 Å². The number of nitrogens with zero attached hydrogens (tertiary/aromatic N) is 3. The average Bonchev–Trinajstić information content (AvgIpc) is 3.03. The average molecular weight is 320 g/mol. The normalized spacial score (nSPS) is 10.8. The lowest BCUT2D eigenvalue weighted by atomic mass is 10.2. The standard InChI is InChI=1S/C18H16N4O2/c23-18(24)16-6-8-17(9-7-16)21-19-10-15-11-20-22(13-15)12-14-4-2-1-3-5-14/h1-11,13,21H,12H2,(H,23,24)/b19-10-. The van der Waals surface area contributed by atoms with Gasteiger partial charge in [-0.2, -0.15) is 10.2 Å². The van der Waals surface area contributed by atoms with Gasteiger partial charge in [-0.15, -0.1) is 0 Å². The Morgan fingerprint density at radius 1 is 1.17 bits per heavy atom. The Bertz CT molecular complexity index is 839. The number of carboxylic acids is 1. The van der Waals surface area contributed by atoms with E-state index in [9.17, 15) is 4.79 Å². The zero-order valence-electron chi connectivity index (χ0n) is 12.8. The van der Waals surface area contributed by atoms with E-state index in [0.717, 1.165) is 5.56 Å². The third-order valence-electron chi connectivity index (χ3n) is 3.38. The summed E-state index contributed by atoms with van der Waals surface area (Å²) in [4.78, 5) is 10.8. The Balaban J connectivity index is 1.58. The highest BCUT2D eigenvalue weighted by Crippen LogP contribution is 2.09. The summed E-state index contributed by atoms with van der Waals surface area (Å²) < 4.78 is 1.85. The van der Waals surface area contributed by atoms with Crippen molar-refractivity contribution in [2.45, 2.75) is 6.54 Å². The van der Waals surface area contributed by atoms with Gasteiger partial charge in [0, 0.05) is 11.8 Å². The van der Waals surface area contributed by atoms with Crippen molar-refractivity contribution in [2.75, 3.05) is 5.43 Å². The van der Waals surface area contributed by atoms with Crippen LogP contribution in [0, 0.1) is 0 Å². The summed E-state index contributed by atoms with van der Waals surface area (Å²) in [6.45, 7) is 0.707. The molecule has 0 atom stereocenters. The van der Waals surface area contributed by atoms with Crippen molar-refractivity contribution in [3.8, 4) is 0 Å². The van der Waals surface area contributed by atoms with Crippen molar-refractivity contribution < 1.29 is 9.90 Å². The van der Waals surface area contributed by atoms with E-state index in [0.29, 0.717) is 12.2 Å². The van der Waals surface area contributed by atoms with Crippen LogP contribution in [0.25, 0.3) is 0 Å². The van der Waals surface area contributed by atoms with Gasteiger partial charge in [-0.3, -0.25) is 10.1 Å². The molecule has 0 saturated heterocycles. The molecule has 0 amide bonds. The Kier molecular flexibility index (Phi) is 4.67. The van der Waals surface area contributed by atoms with Crippen LogP contribution in [-0.4, -0.2) is 27.1 Å². The summed E-state index contributed by atoms with van der Waals surface area (Å²) in [7, 11) is 0. The molecule has 0 saturated carbocycles. The van der Waals surface area contributed by atoms with Crippen molar-refractivity contribution in [3.05, 3.63) is 83.7 Å². The van der Waals surface area contributed by atoms with Crippen molar-refractivity contribution in [1.29, 1.82) is 0 Å². The molecule has 2 N–H and O–H groups in total. The minimum atomic E-state index is -0.948. The van der Waals surface area contributed by atoms with Crippen LogP contribution in [0.5, 0.6) is 0 Å². The molecular weight excluding hydrogens is 304 g/mol. The van der Waals surface area contributed by atoms with Gasteiger partial charge in [0.05, 0.1) is 30.2 Å². The van der Waals surface area contributed by atoms with Gasteiger partial charge < -0.3 is 5.11 Å². The third-order valence-corrected chi connectivity index (χ3v) is 3.38. The minimum Gasteiger partial charge on any atom is -0.478 e. The molecule has 0 spiro atoms. The van der Waals surface area contributed by atoms with E-state index in [4.69, 9.17) is 5.11 Å². The molecule has 0 fully saturated rings. The van der Waals surface area contributed by atoms with Gasteiger partial charge in [0.15, 0.2) is 0 Å². The van der Waals surface area contributed by atoms with Crippen LogP contribution in [0.1, 0.15) is 21.5 Å².